The molecule has 33 heteroatoms. The highest BCUT2D eigenvalue weighted by molar-refractivity contribution is 7.87. The van der Waals surface area contributed by atoms with Crippen molar-refractivity contribution in [2.75, 3.05) is 37.1 Å². The summed E-state index contributed by atoms with van der Waals surface area (Å²) in [5, 5.41) is 7.42. The first-order valence-electron chi connectivity index (χ1n) is 27.2. The Hall–Kier alpha value is -7.59. The number of hydrogen-bond acceptors (Lipinski definition) is 12. The Morgan fingerprint density at radius 3 is 0.922 bits per heavy atom. The minimum atomic E-state index is -3.90. The number of hydrogen-bond donors (Lipinski definition) is 6. The first-order chi connectivity index (χ1) is 42.5. The molecule has 90 heavy (non-hydrogen) atoms. The average Bonchev–Trinajstić information content (AvgIpc) is 1.14. The van der Waals surface area contributed by atoms with Crippen LogP contribution in [-0.2, 0) is 66.2 Å². The molecule has 3 amide bonds. The normalized spacial score (nSPS) is 21.6. The first-order valence-corrected chi connectivity index (χ1v) is 32.7. The van der Waals surface area contributed by atoms with Gasteiger partial charge in [0.25, 0.3) is 30.6 Å². The van der Waals surface area contributed by atoms with Gasteiger partial charge in [-0.15, -0.1) is 0 Å². The second kappa shape index (κ2) is 26.0. The van der Waals surface area contributed by atoms with Gasteiger partial charge in [0.05, 0.1) is 85.3 Å². The van der Waals surface area contributed by atoms with E-state index in [0.717, 1.165) is 64.2 Å². The summed E-state index contributed by atoms with van der Waals surface area (Å²) < 4.78 is 132. The lowest BCUT2D eigenvalue weighted by Gasteiger charge is -2.36. The van der Waals surface area contributed by atoms with Gasteiger partial charge in [-0.3, -0.25) is 14.4 Å². The van der Waals surface area contributed by atoms with E-state index in [0.29, 0.717) is 16.7 Å². The number of anilines is 3. The Bertz CT molecular complexity index is 4200. The van der Waals surface area contributed by atoms with E-state index in [2.05, 4.69) is 45.1 Å². The highest BCUT2D eigenvalue weighted by atomic mass is 35.5. The van der Waals surface area contributed by atoms with E-state index in [1.807, 2.05) is 89.4 Å². The van der Waals surface area contributed by atoms with Gasteiger partial charge >= 0.3 is 0 Å². The molecular formula is C57H57Cl3F3N15O9S3. The van der Waals surface area contributed by atoms with Gasteiger partial charge in [0.1, 0.15) is 35.6 Å². The van der Waals surface area contributed by atoms with E-state index in [9.17, 15) is 52.8 Å². The maximum atomic E-state index is 13.4. The first kappa shape index (κ1) is 65.4. The molecule has 9 aromatic rings. The molecule has 3 fully saturated rings. The lowest BCUT2D eigenvalue weighted by Crippen LogP contribution is -2.55. The Morgan fingerprint density at radius 2 is 0.678 bits per heavy atom. The van der Waals surface area contributed by atoms with Crippen molar-refractivity contribution in [3.8, 4) is 0 Å². The average molecular weight is 1360 g/mol. The van der Waals surface area contributed by atoms with E-state index in [1.54, 1.807) is 19.0 Å². The fourth-order valence-corrected chi connectivity index (χ4v) is 14.9. The molecule has 0 bridgehead atoms. The third-order valence-corrected chi connectivity index (χ3v) is 21.3. The van der Waals surface area contributed by atoms with Crippen LogP contribution in [0, 0.1) is 17.5 Å². The van der Waals surface area contributed by atoms with Crippen molar-refractivity contribution in [2.45, 2.75) is 55.5 Å². The van der Waals surface area contributed by atoms with E-state index in [1.165, 1.54) is 57.5 Å². The number of aryl methyl sites for hydroxylation is 3. The van der Waals surface area contributed by atoms with Gasteiger partial charge in [0.2, 0.25) is 17.7 Å². The van der Waals surface area contributed by atoms with Crippen molar-refractivity contribution in [1.29, 1.82) is 0 Å². The highest BCUT2D eigenvalue weighted by Gasteiger charge is 2.44. The lowest BCUT2D eigenvalue weighted by molar-refractivity contribution is -0.120. The molecule has 3 aliphatic rings. The Balaban J connectivity index is 0.000000148. The molecule has 6 aromatic carbocycles. The summed E-state index contributed by atoms with van der Waals surface area (Å²) in [4.78, 5) is 51.5. The molecule has 6 N–H and O–H groups in total. The molecule has 6 atom stereocenters. The van der Waals surface area contributed by atoms with Crippen LogP contribution in [0.1, 0.15) is 54.1 Å². The Labute approximate surface area is 529 Å². The maximum Gasteiger partial charge on any atom is 0.280 e. The smallest absolute Gasteiger partial charge is 0.280 e. The minimum Gasteiger partial charge on any atom is -0.334 e. The van der Waals surface area contributed by atoms with Gasteiger partial charge in [-0.25, -0.2) is 28.1 Å². The third-order valence-electron chi connectivity index (χ3n) is 15.6. The Kier molecular flexibility index (Phi) is 18.9. The summed E-state index contributed by atoms with van der Waals surface area (Å²) >= 11 is 17.3. The summed E-state index contributed by atoms with van der Waals surface area (Å²) in [7, 11) is -2.07. The molecule has 0 radical (unpaired) electrons. The maximum absolute atomic E-state index is 13.4. The standard InChI is InChI=1S/3C19H19ClFN5O3S/c3*1-25-10-22-16-7-11(3-6-17(16)25)15-9-18(26(2)30(28,29)24-15)19(27)23-12-4-5-14(21)13(20)8-12/h3*3-8,10,15,18,24H,9H2,1-2H3,(H,23,27)/t2*15-,18+;/m10./s1. The third kappa shape index (κ3) is 14.0. The minimum absolute atomic E-state index is 0.138. The molecule has 3 saturated heterocycles. The lowest BCUT2D eigenvalue weighted by atomic mass is 9.99. The molecule has 24 nitrogen and oxygen atoms in total. The van der Waals surface area contributed by atoms with Gasteiger partial charge in [-0.1, -0.05) is 53.0 Å². The van der Waals surface area contributed by atoms with Gasteiger partial charge in [-0.05, 0) is 127 Å². The number of amides is 3. The molecule has 6 heterocycles. The monoisotopic (exact) mass is 1350 g/mol. The number of halogens is 6. The number of fused-ring (bicyclic) bond motifs is 3. The van der Waals surface area contributed by atoms with Crippen molar-refractivity contribution < 1.29 is 52.8 Å². The molecule has 3 aliphatic heterocycles. The number of nitrogens with one attached hydrogen (secondary N) is 6. The molecule has 0 saturated carbocycles. The van der Waals surface area contributed by atoms with Gasteiger partial charge in [0.15, 0.2) is 0 Å². The summed E-state index contributed by atoms with van der Waals surface area (Å²) in [6.45, 7) is 0. The van der Waals surface area contributed by atoms with Gasteiger partial charge in [0, 0.05) is 59.3 Å². The van der Waals surface area contributed by atoms with Crippen LogP contribution in [0.3, 0.4) is 0 Å². The molecule has 2 unspecified atom stereocenters. The fraction of sp³-hybridized carbons (Fsp3) is 0.263. The number of carbonyl (C=O) groups is 3. The number of rotatable bonds is 9. The second-order valence-electron chi connectivity index (χ2n) is 21.5. The Morgan fingerprint density at radius 1 is 0.422 bits per heavy atom. The highest BCUT2D eigenvalue weighted by Crippen LogP contribution is 2.35. The number of imidazole rings is 3. The fourth-order valence-electron chi connectivity index (χ4n) is 10.5. The van der Waals surface area contributed by atoms with E-state index in [4.69, 9.17) is 34.8 Å². The summed E-state index contributed by atoms with van der Waals surface area (Å²) in [6, 6.07) is 23.0. The topological polar surface area (TPSA) is 289 Å². The number of aromatic nitrogens is 6. The molecule has 3 aromatic heterocycles. The summed E-state index contributed by atoms with van der Waals surface area (Å²) in [5.41, 5.74) is 7.90. The number of benzene rings is 6. The van der Waals surface area contributed by atoms with Gasteiger partial charge in [-0.2, -0.15) is 52.3 Å². The molecular weight excluding hydrogens is 1300 g/mol. The molecule has 12 rings (SSSR count). The van der Waals surface area contributed by atoms with Crippen molar-refractivity contribution in [1.82, 2.24) is 55.7 Å². The van der Waals surface area contributed by atoms with Crippen molar-refractivity contribution in [2.24, 2.45) is 21.1 Å². The van der Waals surface area contributed by atoms with Gasteiger partial charge < -0.3 is 29.7 Å². The van der Waals surface area contributed by atoms with Crippen LogP contribution in [0.15, 0.2) is 128 Å². The molecule has 0 aliphatic carbocycles. The predicted molar refractivity (Wildman–Crippen MR) is 335 cm³/mol. The van der Waals surface area contributed by atoms with Crippen LogP contribution >= 0.6 is 34.8 Å². The summed E-state index contributed by atoms with van der Waals surface area (Å²) in [6.07, 6.45) is 5.64. The van der Waals surface area contributed by atoms with E-state index in [-0.39, 0.29) is 51.4 Å². The number of nitrogens with zero attached hydrogens (tertiary/aromatic N) is 9. The predicted octanol–water partition coefficient (Wildman–Crippen LogP) is 7.75. The molecule has 474 valence electrons. The van der Waals surface area contributed by atoms with Crippen LogP contribution in [0.2, 0.25) is 15.1 Å². The SMILES string of the molecule is CN1C(C(=O)Nc2ccc(F)c(Cl)c2)CC(c2ccc3c(c2)ncn3C)NS1(=O)=O.CN1[C@@H](C(=O)Nc2ccc(F)c(Cl)c2)C[C@@H](c2ccc3c(c2)ncn3C)NS1(=O)=O.CN1[C@H](C(=O)Nc2ccc(F)c(Cl)c2)C[C@H](c2ccc3c(c2)ncn3C)NS1(=O)=O. The van der Waals surface area contributed by atoms with Crippen molar-refractivity contribution in [3.05, 3.63) is 177 Å². The van der Waals surface area contributed by atoms with Crippen molar-refractivity contribution >= 4 is 133 Å². The molecule has 0 spiro atoms. The van der Waals surface area contributed by atoms with Crippen LogP contribution in [-0.4, -0.2) is 124 Å². The van der Waals surface area contributed by atoms with Crippen LogP contribution in [0.25, 0.3) is 33.1 Å². The number of likely N-dealkylation sites (N-methyl/N-ethyl adjacent to an activating group) is 3. The summed E-state index contributed by atoms with van der Waals surface area (Å²) in [5.74, 6) is -3.43. The quantitative estimate of drug-likeness (QED) is 0.0809. The zero-order valence-corrected chi connectivity index (χ0v) is 53.1. The zero-order chi connectivity index (χ0) is 64.9. The van der Waals surface area contributed by atoms with E-state index < -0.39 is 102 Å². The zero-order valence-electron chi connectivity index (χ0n) is 48.4. The second-order valence-corrected chi connectivity index (χ2v) is 28.0. The van der Waals surface area contributed by atoms with Crippen molar-refractivity contribution in [3.63, 3.8) is 0 Å². The van der Waals surface area contributed by atoms with Crippen LogP contribution in [0.5, 0.6) is 0 Å². The van der Waals surface area contributed by atoms with Crippen LogP contribution < -0.4 is 30.1 Å². The van der Waals surface area contributed by atoms with E-state index >= 15 is 0 Å². The number of carbonyl (C=O) groups excluding carboxylic acids is 3. The van der Waals surface area contributed by atoms with Crippen LogP contribution in [0.4, 0.5) is 30.2 Å². The largest absolute Gasteiger partial charge is 0.334 e.